The van der Waals surface area contributed by atoms with Gasteiger partial charge in [0.25, 0.3) is 11.5 Å². The lowest BCUT2D eigenvalue weighted by Gasteiger charge is -2.04. The molecule has 0 spiro atoms. The van der Waals surface area contributed by atoms with Crippen LogP contribution in [0.25, 0.3) is 0 Å². The number of rotatable bonds is 4. The monoisotopic (exact) mass is 263 g/mol. The Kier molecular flexibility index (Phi) is 3.66. The van der Waals surface area contributed by atoms with Gasteiger partial charge in [-0.2, -0.15) is 5.10 Å². The number of nitrogens with two attached hydrogens (primary N) is 1. The van der Waals surface area contributed by atoms with Gasteiger partial charge in [-0.05, 0) is 13.0 Å². The van der Waals surface area contributed by atoms with Crippen LogP contribution in [0.3, 0.4) is 0 Å². The van der Waals surface area contributed by atoms with Crippen molar-refractivity contribution in [1.29, 1.82) is 0 Å². The maximum atomic E-state index is 11.5. The highest BCUT2D eigenvalue weighted by molar-refractivity contribution is 5.91. The summed E-state index contributed by atoms with van der Waals surface area (Å²) in [7, 11) is 0. The van der Waals surface area contributed by atoms with E-state index in [1.807, 2.05) is 5.43 Å². The lowest BCUT2D eigenvalue weighted by molar-refractivity contribution is 0.0948. The molecule has 0 fully saturated rings. The molecule has 0 unspecified atom stereocenters. The van der Waals surface area contributed by atoms with Gasteiger partial charge in [-0.25, -0.2) is 15.2 Å². The molecule has 9 nitrogen and oxygen atoms in total. The van der Waals surface area contributed by atoms with Crippen molar-refractivity contribution in [2.24, 2.45) is 5.84 Å². The minimum Gasteiger partial charge on any atom is -0.289 e. The summed E-state index contributed by atoms with van der Waals surface area (Å²) < 4.78 is 2.78. The molecule has 0 saturated heterocycles. The van der Waals surface area contributed by atoms with Crippen LogP contribution >= 0.6 is 0 Å². The maximum Gasteiger partial charge on any atom is 0.287 e. The lowest BCUT2D eigenvalue weighted by Crippen LogP contribution is -2.30. The van der Waals surface area contributed by atoms with Crippen LogP contribution in [0.2, 0.25) is 0 Å². The average molecular weight is 263 g/mol. The summed E-state index contributed by atoms with van der Waals surface area (Å²) in [5.74, 6) is 4.47. The van der Waals surface area contributed by atoms with Gasteiger partial charge in [0.05, 0.1) is 25.0 Å². The van der Waals surface area contributed by atoms with Crippen LogP contribution in [0.15, 0.2) is 23.1 Å². The molecule has 0 aliphatic carbocycles. The summed E-state index contributed by atoms with van der Waals surface area (Å²) in [4.78, 5) is 22.7. The average Bonchev–Trinajstić information content (AvgIpc) is 2.88. The molecule has 9 heteroatoms. The fraction of sp³-hybridized carbons (Fsp3) is 0.300. The third-order valence-corrected chi connectivity index (χ3v) is 2.44. The molecule has 2 aromatic heterocycles. The highest BCUT2D eigenvalue weighted by Gasteiger charge is 2.08. The summed E-state index contributed by atoms with van der Waals surface area (Å²) >= 11 is 0. The summed E-state index contributed by atoms with van der Waals surface area (Å²) in [6, 6.07) is 3.11. The maximum absolute atomic E-state index is 11.5. The van der Waals surface area contributed by atoms with Crippen LogP contribution < -0.4 is 16.8 Å². The highest BCUT2D eigenvalue weighted by atomic mass is 16.2. The zero-order valence-corrected chi connectivity index (χ0v) is 10.3. The second kappa shape index (κ2) is 5.40. The topological polar surface area (TPSA) is 121 Å². The Morgan fingerprint density at radius 1 is 1.42 bits per heavy atom. The molecular weight excluding hydrogens is 250 g/mol. The molecule has 3 N–H and O–H groups in total. The van der Waals surface area contributed by atoms with Crippen molar-refractivity contribution < 1.29 is 4.79 Å². The number of hydrogen-bond donors (Lipinski definition) is 2. The van der Waals surface area contributed by atoms with Gasteiger partial charge in [0.1, 0.15) is 0 Å². The Hall–Kier alpha value is -2.55. The van der Waals surface area contributed by atoms with Crippen LogP contribution in [0.1, 0.15) is 16.2 Å². The van der Waals surface area contributed by atoms with Gasteiger partial charge in [-0.3, -0.25) is 15.0 Å². The van der Waals surface area contributed by atoms with E-state index in [1.54, 1.807) is 13.0 Å². The number of amides is 1. The zero-order valence-electron chi connectivity index (χ0n) is 10.3. The molecule has 0 radical (unpaired) electrons. The Bertz CT molecular complexity index is 645. The van der Waals surface area contributed by atoms with Crippen LogP contribution in [-0.4, -0.2) is 30.7 Å². The summed E-state index contributed by atoms with van der Waals surface area (Å²) in [5.41, 5.74) is 2.64. The van der Waals surface area contributed by atoms with Crippen molar-refractivity contribution in [3.63, 3.8) is 0 Å². The number of carbonyl (C=O) groups is 1. The second-order valence-electron chi connectivity index (χ2n) is 3.88. The molecule has 100 valence electrons. The van der Waals surface area contributed by atoms with Crippen molar-refractivity contribution in [1.82, 2.24) is 30.2 Å². The quantitative estimate of drug-likeness (QED) is 0.391. The standard InChI is InChI=1S/C10H13N7O2/c1-7-2-3-9(18)17(14-7)5-4-16-6-8(13-15-16)10(19)12-11/h2-3,6H,4-5,11H2,1H3,(H,12,19). The number of hydrazine groups is 1. The van der Waals surface area contributed by atoms with Gasteiger partial charge in [-0.15, -0.1) is 5.10 Å². The third kappa shape index (κ3) is 3.01. The first kappa shape index (κ1) is 12.9. The van der Waals surface area contributed by atoms with Crippen molar-refractivity contribution in [2.75, 3.05) is 0 Å². The van der Waals surface area contributed by atoms with Crippen LogP contribution in [0, 0.1) is 6.92 Å². The summed E-state index contributed by atoms with van der Waals surface area (Å²) in [6.45, 7) is 2.52. The molecule has 0 aromatic carbocycles. The number of nitrogen functional groups attached to an aromatic ring is 1. The van der Waals surface area contributed by atoms with Gasteiger partial charge < -0.3 is 0 Å². The molecule has 2 rings (SSSR count). The second-order valence-corrected chi connectivity index (χ2v) is 3.88. The zero-order chi connectivity index (χ0) is 13.8. The van der Waals surface area contributed by atoms with Crippen molar-refractivity contribution in [2.45, 2.75) is 20.0 Å². The van der Waals surface area contributed by atoms with Crippen LogP contribution in [0.4, 0.5) is 0 Å². The van der Waals surface area contributed by atoms with Crippen molar-refractivity contribution >= 4 is 5.91 Å². The molecule has 0 bridgehead atoms. The molecule has 0 aliphatic rings. The number of aromatic nitrogens is 5. The van der Waals surface area contributed by atoms with E-state index >= 15 is 0 Å². The Morgan fingerprint density at radius 2 is 2.21 bits per heavy atom. The van der Waals surface area contributed by atoms with Gasteiger partial charge in [0.15, 0.2) is 5.69 Å². The summed E-state index contributed by atoms with van der Waals surface area (Å²) in [6.07, 6.45) is 1.45. The normalized spacial score (nSPS) is 10.4. The Balaban J connectivity index is 2.06. The highest BCUT2D eigenvalue weighted by Crippen LogP contribution is 1.93. The van der Waals surface area contributed by atoms with Gasteiger partial charge in [0, 0.05) is 6.07 Å². The predicted molar refractivity (Wildman–Crippen MR) is 64.9 cm³/mol. The smallest absolute Gasteiger partial charge is 0.287 e. The fourth-order valence-corrected chi connectivity index (χ4v) is 1.49. The van der Waals surface area contributed by atoms with Crippen molar-refractivity contribution in [3.8, 4) is 0 Å². The van der Waals surface area contributed by atoms with E-state index < -0.39 is 5.91 Å². The molecule has 19 heavy (non-hydrogen) atoms. The predicted octanol–water partition coefficient (Wildman–Crippen LogP) is -1.55. The molecule has 0 aliphatic heterocycles. The van der Waals surface area contributed by atoms with E-state index in [0.717, 1.165) is 5.69 Å². The van der Waals surface area contributed by atoms with E-state index in [0.29, 0.717) is 13.1 Å². The first-order valence-electron chi connectivity index (χ1n) is 5.56. The molecule has 2 aromatic rings. The van der Waals surface area contributed by atoms with Gasteiger partial charge in [-0.1, -0.05) is 5.21 Å². The van der Waals surface area contributed by atoms with Crippen LogP contribution in [-0.2, 0) is 13.1 Å². The third-order valence-electron chi connectivity index (χ3n) is 2.44. The van der Waals surface area contributed by atoms with Gasteiger partial charge >= 0.3 is 0 Å². The van der Waals surface area contributed by atoms with Crippen LogP contribution in [0.5, 0.6) is 0 Å². The van der Waals surface area contributed by atoms with Crippen molar-refractivity contribution in [3.05, 3.63) is 40.1 Å². The summed E-state index contributed by atoms with van der Waals surface area (Å²) in [5, 5.41) is 11.5. The Labute approximate surface area is 108 Å². The van der Waals surface area contributed by atoms with E-state index in [-0.39, 0.29) is 11.3 Å². The van der Waals surface area contributed by atoms with Gasteiger partial charge in [0.2, 0.25) is 0 Å². The molecule has 0 atom stereocenters. The van der Waals surface area contributed by atoms with E-state index in [9.17, 15) is 9.59 Å². The first-order chi connectivity index (χ1) is 9.10. The SMILES string of the molecule is Cc1ccc(=O)n(CCn2cc(C(=O)NN)nn2)n1. The van der Waals surface area contributed by atoms with E-state index in [4.69, 9.17) is 5.84 Å². The fourth-order valence-electron chi connectivity index (χ4n) is 1.49. The number of aryl methyl sites for hydroxylation is 3. The molecule has 0 saturated carbocycles. The lowest BCUT2D eigenvalue weighted by atomic mass is 10.4. The number of carbonyl (C=O) groups excluding carboxylic acids is 1. The molecule has 2 heterocycles. The minimum atomic E-state index is -0.517. The number of nitrogens with one attached hydrogen (secondary N) is 1. The minimum absolute atomic E-state index is 0.118. The van der Waals surface area contributed by atoms with E-state index in [1.165, 1.54) is 21.6 Å². The molecular formula is C10H13N7O2. The van der Waals surface area contributed by atoms with E-state index in [2.05, 4.69) is 15.4 Å². The Morgan fingerprint density at radius 3 is 2.95 bits per heavy atom. The largest absolute Gasteiger partial charge is 0.289 e. The number of hydrogen-bond acceptors (Lipinski definition) is 6. The number of nitrogens with zero attached hydrogens (tertiary/aromatic N) is 5. The molecule has 1 amide bonds. The first-order valence-corrected chi connectivity index (χ1v) is 5.56.